The molecule has 0 aromatic heterocycles. The molecule has 2 saturated carbocycles. The molecule has 3 aliphatic rings. The molecule has 2 aliphatic carbocycles. The molecular formula is C17H21NO2S. The van der Waals surface area contributed by atoms with Gasteiger partial charge < -0.3 is 0 Å². The maximum atomic E-state index is 12.3. The first-order chi connectivity index (χ1) is 9.77. The summed E-state index contributed by atoms with van der Waals surface area (Å²) >= 11 is 0. The first-order valence-electron chi connectivity index (χ1n) is 7.72. The maximum Gasteiger partial charge on any atom is 0.283 e. The summed E-state index contributed by atoms with van der Waals surface area (Å²) in [7, 11) is -3.49. The molecule has 0 amide bonds. The molecule has 1 heterocycles. The molecule has 0 spiro atoms. The lowest BCUT2D eigenvalue weighted by atomic mass is 9.65. The van der Waals surface area contributed by atoms with Crippen molar-refractivity contribution in [2.24, 2.45) is 27.1 Å². The van der Waals surface area contributed by atoms with E-state index >= 15 is 0 Å². The van der Waals surface area contributed by atoms with Crippen molar-refractivity contribution in [1.82, 2.24) is 0 Å². The van der Waals surface area contributed by atoms with Crippen LogP contribution in [0.25, 0.3) is 0 Å². The van der Waals surface area contributed by atoms with E-state index in [0.29, 0.717) is 10.8 Å². The number of sulfonamides is 1. The summed E-state index contributed by atoms with van der Waals surface area (Å²) in [4.78, 5) is 0.393. The number of fused-ring (bicyclic) bond motifs is 3. The van der Waals surface area contributed by atoms with E-state index in [1.54, 1.807) is 12.1 Å². The first-order valence-corrected chi connectivity index (χ1v) is 9.16. The molecule has 0 radical (unpaired) electrons. The van der Waals surface area contributed by atoms with Gasteiger partial charge in [0.2, 0.25) is 0 Å². The van der Waals surface area contributed by atoms with Crippen molar-refractivity contribution in [3.63, 3.8) is 0 Å². The highest BCUT2D eigenvalue weighted by Crippen LogP contribution is 2.69. The fraction of sp³-hybridized carbons (Fsp3) is 0.588. The summed E-state index contributed by atoms with van der Waals surface area (Å²) in [5.41, 5.74) is 2.08. The lowest BCUT2D eigenvalue weighted by molar-refractivity contribution is 0.131. The number of benzene rings is 1. The Morgan fingerprint density at radius 2 is 1.90 bits per heavy atom. The van der Waals surface area contributed by atoms with Crippen molar-refractivity contribution < 1.29 is 8.42 Å². The molecule has 2 fully saturated rings. The van der Waals surface area contributed by atoms with Gasteiger partial charge in [-0.25, -0.2) is 0 Å². The largest absolute Gasteiger partial charge is 0.283 e. The van der Waals surface area contributed by atoms with Crippen molar-refractivity contribution in [1.29, 1.82) is 0 Å². The van der Waals surface area contributed by atoms with E-state index in [2.05, 4.69) is 25.2 Å². The van der Waals surface area contributed by atoms with E-state index < -0.39 is 10.0 Å². The molecule has 0 saturated heterocycles. The second kappa shape index (κ2) is 3.78. The molecule has 4 rings (SSSR count). The zero-order valence-corrected chi connectivity index (χ0v) is 13.6. The number of hydrogen-bond donors (Lipinski definition) is 0. The Labute approximate surface area is 126 Å². The van der Waals surface area contributed by atoms with Gasteiger partial charge in [0.15, 0.2) is 0 Å². The van der Waals surface area contributed by atoms with Gasteiger partial charge in [-0.3, -0.25) is 0 Å². The molecule has 112 valence electrons. The average Bonchev–Trinajstić information content (AvgIpc) is 2.90. The van der Waals surface area contributed by atoms with Crippen LogP contribution < -0.4 is 0 Å². The van der Waals surface area contributed by atoms with E-state index in [-0.39, 0.29) is 16.7 Å². The summed E-state index contributed by atoms with van der Waals surface area (Å²) < 4.78 is 28.8. The summed E-state index contributed by atoms with van der Waals surface area (Å²) in [5, 5.41) is 0. The van der Waals surface area contributed by atoms with Gasteiger partial charge in [-0.2, -0.15) is 12.8 Å². The Hall–Kier alpha value is -1.16. The Kier molecular flexibility index (Phi) is 2.43. The lowest BCUT2D eigenvalue weighted by Gasteiger charge is -2.39. The van der Waals surface area contributed by atoms with Crippen molar-refractivity contribution >= 4 is 15.7 Å². The van der Waals surface area contributed by atoms with E-state index in [9.17, 15) is 8.42 Å². The molecule has 1 aromatic rings. The van der Waals surface area contributed by atoms with Gasteiger partial charge in [-0.15, -0.1) is 0 Å². The second-order valence-corrected chi connectivity index (χ2v) is 9.18. The highest BCUT2D eigenvalue weighted by atomic mass is 32.2. The van der Waals surface area contributed by atoms with Crippen LogP contribution in [0.3, 0.4) is 0 Å². The van der Waals surface area contributed by atoms with Gasteiger partial charge in [-0.05, 0) is 42.1 Å². The number of rotatable bonds is 1. The van der Waals surface area contributed by atoms with Crippen LogP contribution in [-0.4, -0.2) is 14.1 Å². The van der Waals surface area contributed by atoms with Crippen LogP contribution in [0, 0.1) is 22.7 Å². The minimum atomic E-state index is -3.49. The predicted octanol–water partition coefficient (Wildman–Crippen LogP) is 3.64. The molecule has 1 aromatic carbocycles. The highest BCUT2D eigenvalue weighted by Gasteiger charge is 2.63. The molecule has 3 atom stereocenters. The summed E-state index contributed by atoms with van der Waals surface area (Å²) in [6, 6.07) is 7.29. The Balaban J connectivity index is 1.88. The molecule has 2 bridgehead atoms. The Morgan fingerprint density at radius 1 is 1.19 bits per heavy atom. The SMILES string of the molecule is CC1(C)[C@H]2CC[C@]1(C)[C@@H](C1=NS(=O)(=O)c3ccccc31)C2. The van der Waals surface area contributed by atoms with Crippen LogP contribution in [0.4, 0.5) is 0 Å². The van der Waals surface area contributed by atoms with Gasteiger partial charge >= 0.3 is 0 Å². The van der Waals surface area contributed by atoms with Crippen LogP contribution in [0.2, 0.25) is 0 Å². The summed E-state index contributed by atoms with van der Waals surface area (Å²) in [5.74, 6) is 0.954. The quantitative estimate of drug-likeness (QED) is 0.795. The monoisotopic (exact) mass is 303 g/mol. The standard InChI is InChI=1S/C17H21NO2S/c1-16(2)11-8-9-17(16,3)13(10-11)15-12-6-4-5-7-14(12)21(19,20)18-15/h4-7,11,13H,8-10H2,1-3H3/t11-,13+,17+/m0/s1. The van der Waals surface area contributed by atoms with Gasteiger partial charge in [0.1, 0.15) is 0 Å². The van der Waals surface area contributed by atoms with Gasteiger partial charge in [-0.1, -0.05) is 39.0 Å². The third-order valence-electron chi connectivity index (χ3n) is 6.78. The topological polar surface area (TPSA) is 46.5 Å². The van der Waals surface area contributed by atoms with Crippen LogP contribution in [0.15, 0.2) is 33.6 Å². The number of nitrogens with zero attached hydrogens (tertiary/aromatic N) is 1. The molecular weight excluding hydrogens is 282 g/mol. The Morgan fingerprint density at radius 3 is 2.52 bits per heavy atom. The molecule has 0 N–H and O–H groups in total. The highest BCUT2D eigenvalue weighted by molar-refractivity contribution is 7.90. The van der Waals surface area contributed by atoms with Crippen molar-refractivity contribution in [2.75, 3.05) is 0 Å². The van der Waals surface area contributed by atoms with Crippen LogP contribution >= 0.6 is 0 Å². The van der Waals surface area contributed by atoms with Crippen LogP contribution in [0.1, 0.15) is 45.6 Å². The fourth-order valence-corrected chi connectivity index (χ4v) is 6.28. The zero-order chi connectivity index (χ0) is 15.0. The Bertz CT molecular complexity index is 763. The van der Waals surface area contributed by atoms with E-state index in [0.717, 1.165) is 17.7 Å². The normalized spacial score (nSPS) is 38.3. The van der Waals surface area contributed by atoms with Crippen LogP contribution in [-0.2, 0) is 10.0 Å². The van der Waals surface area contributed by atoms with Crippen LogP contribution in [0.5, 0.6) is 0 Å². The maximum absolute atomic E-state index is 12.3. The molecule has 4 heteroatoms. The zero-order valence-electron chi connectivity index (χ0n) is 12.8. The third kappa shape index (κ3) is 1.49. The van der Waals surface area contributed by atoms with E-state index in [4.69, 9.17) is 0 Å². The molecule has 1 aliphatic heterocycles. The average molecular weight is 303 g/mol. The lowest BCUT2D eigenvalue weighted by Crippen LogP contribution is -2.36. The van der Waals surface area contributed by atoms with E-state index in [1.807, 2.05) is 12.1 Å². The minimum absolute atomic E-state index is 0.156. The van der Waals surface area contributed by atoms with Crippen molar-refractivity contribution in [3.05, 3.63) is 29.8 Å². The third-order valence-corrected chi connectivity index (χ3v) is 8.13. The first kappa shape index (κ1) is 13.5. The van der Waals surface area contributed by atoms with Gasteiger partial charge in [0.25, 0.3) is 10.0 Å². The van der Waals surface area contributed by atoms with Gasteiger partial charge in [0, 0.05) is 11.5 Å². The molecule has 3 nitrogen and oxygen atoms in total. The summed E-state index contributed by atoms with van der Waals surface area (Å²) in [6.07, 6.45) is 3.52. The minimum Gasteiger partial charge on any atom is -0.199 e. The summed E-state index contributed by atoms with van der Waals surface area (Å²) in [6.45, 7) is 7.03. The van der Waals surface area contributed by atoms with Gasteiger partial charge in [0.05, 0.1) is 10.6 Å². The molecule has 0 unspecified atom stereocenters. The second-order valence-electron chi connectivity index (χ2n) is 7.61. The van der Waals surface area contributed by atoms with Crippen molar-refractivity contribution in [3.8, 4) is 0 Å². The smallest absolute Gasteiger partial charge is 0.199 e. The molecule has 21 heavy (non-hydrogen) atoms. The van der Waals surface area contributed by atoms with Crippen molar-refractivity contribution in [2.45, 2.75) is 44.9 Å². The number of hydrogen-bond acceptors (Lipinski definition) is 2. The fourth-order valence-electron chi connectivity index (χ4n) is 5.00. The van der Waals surface area contributed by atoms with E-state index in [1.165, 1.54) is 12.8 Å². The predicted molar refractivity (Wildman–Crippen MR) is 82.9 cm³/mol.